The third-order valence-electron chi connectivity index (χ3n) is 1.93. The first-order valence-electron chi connectivity index (χ1n) is 4.08. The maximum absolute atomic E-state index is 2.26. The van der Waals surface area contributed by atoms with Crippen LogP contribution in [0.3, 0.4) is 0 Å². The highest BCUT2D eigenvalue weighted by atomic mass is 14.0. The molecule has 0 saturated carbocycles. The van der Waals surface area contributed by atoms with Gasteiger partial charge in [0.2, 0.25) is 0 Å². The minimum Gasteiger partial charge on any atom is -0.0917 e. The summed E-state index contributed by atoms with van der Waals surface area (Å²) in [6.07, 6.45) is 1.09. The van der Waals surface area contributed by atoms with E-state index >= 15 is 0 Å². The highest BCUT2D eigenvalue weighted by molar-refractivity contribution is 6.32. The fourth-order valence-electron chi connectivity index (χ4n) is 1.24. The minimum atomic E-state index is 1.09. The van der Waals surface area contributed by atoms with E-state index in [1.165, 1.54) is 16.7 Å². The Labute approximate surface area is 69.9 Å². The van der Waals surface area contributed by atoms with Crippen molar-refractivity contribution in [1.82, 2.24) is 0 Å². The second kappa shape index (κ2) is 3.61. The Morgan fingerprint density at radius 1 is 1.27 bits per heavy atom. The van der Waals surface area contributed by atoms with Gasteiger partial charge in [-0.3, -0.25) is 0 Å². The van der Waals surface area contributed by atoms with Gasteiger partial charge in [-0.1, -0.05) is 42.5 Å². The zero-order valence-electron chi connectivity index (χ0n) is 7.52. The fourth-order valence-corrected chi connectivity index (χ4v) is 1.24. The van der Waals surface area contributed by atoms with Gasteiger partial charge in [0.05, 0.1) is 0 Å². The van der Waals surface area contributed by atoms with Gasteiger partial charge in [-0.15, -0.1) is 0 Å². The lowest BCUT2D eigenvalue weighted by molar-refractivity contribution is 1.26. The van der Waals surface area contributed by atoms with E-state index in [2.05, 4.69) is 46.1 Å². The van der Waals surface area contributed by atoms with Crippen LogP contribution in [-0.4, -0.2) is 7.28 Å². The van der Waals surface area contributed by atoms with Crippen molar-refractivity contribution in [2.24, 2.45) is 0 Å². The van der Waals surface area contributed by atoms with Crippen LogP contribution in [0, 0.1) is 13.8 Å². The van der Waals surface area contributed by atoms with Crippen LogP contribution in [0.4, 0.5) is 0 Å². The zero-order chi connectivity index (χ0) is 8.27. The van der Waals surface area contributed by atoms with Crippen molar-refractivity contribution < 1.29 is 0 Å². The minimum absolute atomic E-state index is 1.09. The number of hydrogen-bond donors (Lipinski definition) is 0. The van der Waals surface area contributed by atoms with Crippen molar-refractivity contribution in [1.29, 1.82) is 0 Å². The topological polar surface area (TPSA) is 0 Å². The van der Waals surface area contributed by atoms with Crippen LogP contribution in [0.2, 0.25) is 6.82 Å². The second-order valence-corrected chi connectivity index (χ2v) is 3.04. The van der Waals surface area contributed by atoms with Gasteiger partial charge in [0.25, 0.3) is 0 Å². The summed E-state index contributed by atoms with van der Waals surface area (Å²) < 4.78 is 0. The van der Waals surface area contributed by atoms with Crippen molar-refractivity contribution in [2.45, 2.75) is 27.0 Å². The molecule has 0 amide bonds. The van der Waals surface area contributed by atoms with E-state index in [0.717, 1.165) is 6.32 Å². The molecule has 0 saturated heterocycles. The number of benzene rings is 1. The van der Waals surface area contributed by atoms with Gasteiger partial charge >= 0.3 is 0 Å². The molecule has 0 nitrogen and oxygen atoms in total. The maximum atomic E-state index is 2.26. The molecule has 0 N–H and O–H groups in total. The molecule has 0 aliphatic carbocycles. The predicted molar refractivity (Wildman–Crippen MR) is 51.2 cm³/mol. The molecule has 57 valence electrons. The van der Waals surface area contributed by atoms with Gasteiger partial charge in [0.15, 0.2) is 0 Å². The van der Waals surface area contributed by atoms with E-state index in [1.807, 2.05) is 0 Å². The third kappa shape index (κ3) is 2.11. The Morgan fingerprint density at radius 2 is 2.00 bits per heavy atom. The van der Waals surface area contributed by atoms with Gasteiger partial charge in [-0.05, 0) is 19.4 Å². The molecule has 0 spiro atoms. The van der Waals surface area contributed by atoms with E-state index in [1.54, 1.807) is 0 Å². The molecule has 1 rings (SSSR count). The Kier molecular flexibility index (Phi) is 2.75. The quantitative estimate of drug-likeness (QED) is 0.561. The highest BCUT2D eigenvalue weighted by Crippen LogP contribution is 2.10. The van der Waals surface area contributed by atoms with Crippen LogP contribution >= 0.6 is 0 Å². The standard InChI is InChI=1S/C10H14B/c1-8-4-5-9(2)10(6-8)7-11-3/h4-6H,7H2,1-3H3. The normalized spacial score (nSPS) is 9.73. The lowest BCUT2D eigenvalue weighted by Crippen LogP contribution is -1.94. The molecule has 0 aromatic heterocycles. The van der Waals surface area contributed by atoms with Gasteiger partial charge in [0, 0.05) is 0 Å². The Balaban J connectivity index is 2.93. The third-order valence-corrected chi connectivity index (χ3v) is 1.93. The summed E-state index contributed by atoms with van der Waals surface area (Å²) in [5.41, 5.74) is 4.20. The summed E-state index contributed by atoms with van der Waals surface area (Å²) in [6, 6.07) is 6.61. The Bertz CT molecular complexity index is 241. The fraction of sp³-hybridized carbons (Fsp3) is 0.400. The van der Waals surface area contributed by atoms with E-state index in [4.69, 9.17) is 0 Å². The average molecular weight is 145 g/mol. The molecule has 0 unspecified atom stereocenters. The SMILES string of the molecule is C[B]Cc1cc(C)ccc1C. The molecule has 1 aromatic rings. The van der Waals surface area contributed by atoms with Gasteiger partial charge in [0.1, 0.15) is 7.28 Å². The first-order chi connectivity index (χ1) is 5.24. The molecule has 0 bridgehead atoms. The molecule has 0 fully saturated rings. The van der Waals surface area contributed by atoms with E-state index in [-0.39, 0.29) is 0 Å². The van der Waals surface area contributed by atoms with Crippen molar-refractivity contribution in [2.75, 3.05) is 0 Å². The molecular formula is C10H14B. The molecule has 0 heterocycles. The smallest absolute Gasteiger partial charge is 0.0917 e. The first kappa shape index (κ1) is 8.38. The lowest BCUT2D eigenvalue weighted by atomic mass is 9.74. The van der Waals surface area contributed by atoms with Crippen LogP contribution < -0.4 is 0 Å². The summed E-state index contributed by atoms with van der Waals surface area (Å²) >= 11 is 0. The number of aryl methyl sites for hydroxylation is 2. The highest BCUT2D eigenvalue weighted by Gasteiger charge is 1.96. The Hall–Kier alpha value is -0.715. The molecule has 0 atom stereocenters. The van der Waals surface area contributed by atoms with E-state index in [9.17, 15) is 0 Å². The molecule has 1 aromatic carbocycles. The molecule has 1 heteroatoms. The van der Waals surface area contributed by atoms with Gasteiger partial charge in [-0.25, -0.2) is 0 Å². The largest absolute Gasteiger partial charge is 0.111 e. The summed E-state index contributed by atoms with van der Waals surface area (Å²) in [7, 11) is 2.20. The van der Waals surface area contributed by atoms with Crippen molar-refractivity contribution in [3.8, 4) is 0 Å². The number of hydrogen-bond acceptors (Lipinski definition) is 0. The van der Waals surface area contributed by atoms with Crippen molar-refractivity contribution in [3.05, 3.63) is 34.9 Å². The van der Waals surface area contributed by atoms with Crippen LogP contribution in [0.5, 0.6) is 0 Å². The summed E-state index contributed by atoms with van der Waals surface area (Å²) in [5, 5.41) is 0. The van der Waals surface area contributed by atoms with Gasteiger partial charge in [-0.2, -0.15) is 0 Å². The van der Waals surface area contributed by atoms with E-state index in [0.29, 0.717) is 0 Å². The van der Waals surface area contributed by atoms with Crippen molar-refractivity contribution >= 4 is 7.28 Å². The van der Waals surface area contributed by atoms with Crippen LogP contribution in [0.1, 0.15) is 16.7 Å². The maximum Gasteiger partial charge on any atom is 0.111 e. The average Bonchev–Trinajstić information content (AvgIpc) is 1.98. The zero-order valence-corrected chi connectivity index (χ0v) is 7.52. The first-order valence-corrected chi connectivity index (χ1v) is 4.08. The Morgan fingerprint density at radius 3 is 2.64 bits per heavy atom. The molecule has 0 aliphatic rings. The van der Waals surface area contributed by atoms with Crippen molar-refractivity contribution in [3.63, 3.8) is 0 Å². The number of rotatable bonds is 2. The summed E-state index contributed by atoms with van der Waals surface area (Å²) in [5.74, 6) is 0. The predicted octanol–water partition coefficient (Wildman–Crippen LogP) is 2.56. The monoisotopic (exact) mass is 145 g/mol. The second-order valence-electron chi connectivity index (χ2n) is 3.04. The van der Waals surface area contributed by atoms with Crippen LogP contribution in [0.25, 0.3) is 0 Å². The van der Waals surface area contributed by atoms with Crippen LogP contribution in [-0.2, 0) is 6.32 Å². The summed E-state index contributed by atoms with van der Waals surface area (Å²) in [6.45, 7) is 6.40. The molecule has 0 aliphatic heterocycles. The van der Waals surface area contributed by atoms with Gasteiger partial charge < -0.3 is 0 Å². The van der Waals surface area contributed by atoms with E-state index < -0.39 is 0 Å². The molecular weight excluding hydrogens is 131 g/mol. The molecule has 1 radical (unpaired) electrons. The summed E-state index contributed by atoms with van der Waals surface area (Å²) in [4.78, 5) is 0. The van der Waals surface area contributed by atoms with Crippen LogP contribution in [0.15, 0.2) is 18.2 Å². The lowest BCUT2D eigenvalue weighted by Gasteiger charge is -2.04. The molecule has 11 heavy (non-hydrogen) atoms.